The first-order chi connectivity index (χ1) is 14.7. The van der Waals surface area contributed by atoms with Gasteiger partial charge in [-0.3, -0.25) is 14.7 Å². The first-order valence-corrected chi connectivity index (χ1v) is 10.8. The van der Waals surface area contributed by atoms with Crippen LogP contribution in [0.3, 0.4) is 0 Å². The number of ether oxygens (including phenoxy) is 1. The van der Waals surface area contributed by atoms with E-state index in [1.165, 1.54) is 0 Å². The van der Waals surface area contributed by atoms with Gasteiger partial charge in [0.15, 0.2) is 0 Å². The minimum absolute atomic E-state index is 0.117. The number of hydrogen-bond donors (Lipinski definition) is 1. The molecule has 1 aliphatic heterocycles. The number of carbonyl (C=O) groups excluding carboxylic acids is 1. The number of rotatable bonds is 6. The van der Waals surface area contributed by atoms with E-state index in [9.17, 15) is 4.79 Å². The molecule has 8 heteroatoms. The second kappa shape index (κ2) is 9.84. The van der Waals surface area contributed by atoms with E-state index in [1.807, 2.05) is 25.1 Å². The van der Waals surface area contributed by atoms with Gasteiger partial charge in [-0.15, -0.1) is 0 Å². The number of aryl methyl sites for hydroxylation is 1. The van der Waals surface area contributed by atoms with Crippen LogP contribution in [0.25, 0.3) is 0 Å². The van der Waals surface area contributed by atoms with Gasteiger partial charge < -0.3 is 15.0 Å². The van der Waals surface area contributed by atoms with Crippen molar-refractivity contribution in [2.45, 2.75) is 44.8 Å². The molecule has 2 aromatic rings. The Balaban J connectivity index is 1.16. The molecule has 1 saturated carbocycles. The van der Waals surface area contributed by atoms with Crippen LogP contribution in [0, 0.1) is 6.92 Å². The summed E-state index contributed by atoms with van der Waals surface area (Å²) in [5.74, 6) is 1.75. The third-order valence-corrected chi connectivity index (χ3v) is 5.87. The molecule has 1 saturated heterocycles. The fraction of sp³-hybridized carbons (Fsp3) is 0.545. The Morgan fingerprint density at radius 3 is 2.43 bits per heavy atom. The molecule has 1 N–H and O–H groups in total. The highest BCUT2D eigenvalue weighted by molar-refractivity contribution is 5.78. The largest absolute Gasteiger partial charge is 0.489 e. The van der Waals surface area contributed by atoms with E-state index in [0.717, 1.165) is 69.3 Å². The van der Waals surface area contributed by atoms with Crippen LogP contribution in [0.15, 0.2) is 36.8 Å². The Bertz CT molecular complexity index is 817. The zero-order valence-corrected chi connectivity index (χ0v) is 17.5. The van der Waals surface area contributed by atoms with E-state index in [0.29, 0.717) is 6.54 Å². The molecule has 0 spiro atoms. The normalized spacial score (nSPS) is 22.5. The van der Waals surface area contributed by atoms with Crippen molar-refractivity contribution in [1.82, 2.24) is 25.2 Å². The van der Waals surface area contributed by atoms with Crippen molar-refractivity contribution in [1.29, 1.82) is 0 Å². The summed E-state index contributed by atoms with van der Waals surface area (Å²) in [6.07, 6.45) is 9.33. The molecule has 1 amide bonds. The van der Waals surface area contributed by atoms with Crippen LogP contribution in [0.4, 0.5) is 5.95 Å². The molecule has 2 fully saturated rings. The Morgan fingerprint density at radius 2 is 1.73 bits per heavy atom. The molecule has 0 atom stereocenters. The molecular formula is C22H30N6O2. The summed E-state index contributed by atoms with van der Waals surface area (Å²) in [4.78, 5) is 29.8. The number of piperazine rings is 1. The number of anilines is 1. The maximum atomic E-state index is 12.5. The number of nitrogens with zero attached hydrogens (tertiary/aromatic N) is 5. The Morgan fingerprint density at radius 1 is 1.03 bits per heavy atom. The van der Waals surface area contributed by atoms with Crippen LogP contribution in [0.1, 0.15) is 31.4 Å². The minimum Gasteiger partial charge on any atom is -0.489 e. The highest BCUT2D eigenvalue weighted by atomic mass is 16.5. The fourth-order valence-corrected chi connectivity index (χ4v) is 4.14. The van der Waals surface area contributed by atoms with E-state index < -0.39 is 0 Å². The van der Waals surface area contributed by atoms with Crippen LogP contribution in [0.2, 0.25) is 0 Å². The molecule has 0 radical (unpaired) electrons. The summed E-state index contributed by atoms with van der Waals surface area (Å²) >= 11 is 0. The van der Waals surface area contributed by atoms with E-state index in [4.69, 9.17) is 4.74 Å². The molecule has 30 heavy (non-hydrogen) atoms. The average molecular weight is 411 g/mol. The fourth-order valence-electron chi connectivity index (χ4n) is 4.14. The van der Waals surface area contributed by atoms with E-state index >= 15 is 0 Å². The Hall–Kier alpha value is -2.74. The van der Waals surface area contributed by atoms with Crippen molar-refractivity contribution in [3.63, 3.8) is 0 Å². The molecule has 3 heterocycles. The second-order valence-corrected chi connectivity index (χ2v) is 8.06. The van der Waals surface area contributed by atoms with Crippen LogP contribution in [0.5, 0.6) is 5.75 Å². The van der Waals surface area contributed by atoms with E-state index in [-0.39, 0.29) is 18.1 Å². The van der Waals surface area contributed by atoms with Crippen LogP contribution in [-0.2, 0) is 4.79 Å². The van der Waals surface area contributed by atoms with Gasteiger partial charge in [-0.2, -0.15) is 0 Å². The monoisotopic (exact) mass is 410 g/mol. The van der Waals surface area contributed by atoms with Crippen molar-refractivity contribution < 1.29 is 9.53 Å². The Labute approximate surface area is 177 Å². The van der Waals surface area contributed by atoms with Crippen molar-refractivity contribution in [3.05, 3.63) is 42.5 Å². The van der Waals surface area contributed by atoms with Crippen molar-refractivity contribution in [2.75, 3.05) is 37.6 Å². The van der Waals surface area contributed by atoms with Gasteiger partial charge in [-0.25, -0.2) is 9.97 Å². The summed E-state index contributed by atoms with van der Waals surface area (Å²) in [6.45, 7) is 5.79. The lowest BCUT2D eigenvalue weighted by molar-refractivity contribution is -0.123. The first-order valence-electron chi connectivity index (χ1n) is 10.8. The highest BCUT2D eigenvalue weighted by Gasteiger charge is 2.25. The highest BCUT2D eigenvalue weighted by Crippen LogP contribution is 2.25. The quantitative estimate of drug-likeness (QED) is 0.778. The van der Waals surface area contributed by atoms with Crippen molar-refractivity contribution in [2.24, 2.45) is 0 Å². The molecule has 2 aliphatic rings. The number of hydrogen-bond acceptors (Lipinski definition) is 7. The SMILES string of the molecule is Cc1ncccc1OC1CCC(NC(=O)CN2CCN(c3ncccn3)CC2)CC1. The van der Waals surface area contributed by atoms with Gasteiger partial charge in [0.1, 0.15) is 5.75 Å². The third-order valence-electron chi connectivity index (χ3n) is 5.87. The van der Waals surface area contributed by atoms with Crippen molar-refractivity contribution >= 4 is 11.9 Å². The number of aromatic nitrogens is 3. The second-order valence-electron chi connectivity index (χ2n) is 8.06. The molecule has 0 aromatic carbocycles. The van der Waals surface area contributed by atoms with Gasteiger partial charge in [0, 0.05) is 50.8 Å². The number of carbonyl (C=O) groups is 1. The van der Waals surface area contributed by atoms with Gasteiger partial charge in [0.05, 0.1) is 18.3 Å². The maximum absolute atomic E-state index is 12.5. The lowest BCUT2D eigenvalue weighted by atomic mass is 9.93. The molecule has 2 aromatic heterocycles. The summed E-state index contributed by atoms with van der Waals surface area (Å²) in [7, 11) is 0. The topological polar surface area (TPSA) is 83.5 Å². The van der Waals surface area contributed by atoms with Crippen molar-refractivity contribution in [3.8, 4) is 5.75 Å². The van der Waals surface area contributed by atoms with Gasteiger partial charge >= 0.3 is 0 Å². The minimum atomic E-state index is 0.117. The van der Waals surface area contributed by atoms with Crippen LogP contribution < -0.4 is 15.0 Å². The van der Waals surface area contributed by atoms with Gasteiger partial charge in [0.25, 0.3) is 0 Å². The smallest absolute Gasteiger partial charge is 0.234 e. The van der Waals surface area contributed by atoms with Gasteiger partial charge in [-0.1, -0.05) is 0 Å². The van der Waals surface area contributed by atoms with E-state index in [1.54, 1.807) is 18.6 Å². The maximum Gasteiger partial charge on any atom is 0.234 e. The first kappa shape index (κ1) is 20.5. The molecule has 1 aliphatic carbocycles. The average Bonchev–Trinajstić information content (AvgIpc) is 2.78. The molecule has 0 bridgehead atoms. The number of nitrogens with one attached hydrogen (secondary N) is 1. The predicted molar refractivity (Wildman–Crippen MR) is 114 cm³/mol. The molecule has 8 nitrogen and oxygen atoms in total. The lowest BCUT2D eigenvalue weighted by Gasteiger charge is -2.35. The molecule has 0 unspecified atom stereocenters. The molecular weight excluding hydrogens is 380 g/mol. The standard InChI is InChI=1S/C22H30N6O2/c1-17-20(4-2-9-23-17)30-19-7-5-18(6-8-19)26-21(29)16-27-12-14-28(15-13-27)22-24-10-3-11-25-22/h2-4,9-11,18-19H,5-8,12-16H2,1H3,(H,26,29). The summed E-state index contributed by atoms with van der Waals surface area (Å²) in [6, 6.07) is 5.94. The van der Waals surface area contributed by atoms with Crippen LogP contribution >= 0.6 is 0 Å². The van der Waals surface area contributed by atoms with Gasteiger partial charge in [-0.05, 0) is 50.8 Å². The van der Waals surface area contributed by atoms with Gasteiger partial charge in [0.2, 0.25) is 11.9 Å². The number of amides is 1. The summed E-state index contributed by atoms with van der Waals surface area (Å²) in [5.41, 5.74) is 0.923. The summed E-state index contributed by atoms with van der Waals surface area (Å²) < 4.78 is 6.11. The number of pyridine rings is 1. The molecule has 4 rings (SSSR count). The zero-order chi connectivity index (χ0) is 20.8. The predicted octanol–water partition coefficient (Wildman–Crippen LogP) is 1.81. The summed E-state index contributed by atoms with van der Waals surface area (Å²) in [5, 5.41) is 3.22. The zero-order valence-electron chi connectivity index (χ0n) is 17.5. The third kappa shape index (κ3) is 5.44. The van der Waals surface area contributed by atoms with Crippen LogP contribution in [-0.4, -0.2) is 70.6 Å². The molecule has 160 valence electrons. The lowest BCUT2D eigenvalue weighted by Crippen LogP contribution is -2.51. The Kier molecular flexibility index (Phi) is 6.74. The van der Waals surface area contributed by atoms with E-state index in [2.05, 4.69) is 30.1 Å².